The summed E-state index contributed by atoms with van der Waals surface area (Å²) in [6, 6.07) is 19.2. The molecule has 0 aliphatic rings. The second kappa shape index (κ2) is 11.3. The number of hydrogen-bond donors (Lipinski definition) is 1. The van der Waals surface area contributed by atoms with Crippen molar-refractivity contribution in [3.8, 4) is 22.4 Å². The summed E-state index contributed by atoms with van der Waals surface area (Å²) in [5, 5.41) is 7.49. The van der Waals surface area contributed by atoms with Crippen molar-refractivity contribution in [2.75, 3.05) is 6.54 Å². The molecule has 1 heterocycles. The van der Waals surface area contributed by atoms with Gasteiger partial charge in [-0.2, -0.15) is 5.10 Å². The Hall–Kier alpha value is -3.21. The van der Waals surface area contributed by atoms with E-state index in [0.717, 1.165) is 24.0 Å². The topological polar surface area (TPSA) is 64.0 Å². The molecule has 5 nitrogen and oxygen atoms in total. The predicted molar refractivity (Wildman–Crippen MR) is 126 cm³/mol. The number of nitrogens with zero attached hydrogens (tertiary/aromatic N) is 2. The van der Waals surface area contributed by atoms with E-state index in [-0.39, 0.29) is 17.0 Å². The zero-order chi connectivity index (χ0) is 22.1. The highest BCUT2D eigenvalue weighted by atomic mass is 16.2. The van der Waals surface area contributed by atoms with Crippen molar-refractivity contribution in [1.82, 2.24) is 15.1 Å². The highest BCUT2D eigenvalue weighted by molar-refractivity contribution is 6.03. The molecule has 2 aromatic carbocycles. The molecule has 5 heteroatoms. The van der Waals surface area contributed by atoms with Crippen molar-refractivity contribution in [3.05, 3.63) is 76.6 Å². The first-order valence-electron chi connectivity index (χ1n) is 11.1. The van der Waals surface area contributed by atoms with Gasteiger partial charge in [-0.25, -0.2) is 4.68 Å². The molecule has 0 unspecified atom stereocenters. The van der Waals surface area contributed by atoms with Crippen LogP contribution in [0.5, 0.6) is 0 Å². The minimum atomic E-state index is -0.390. The van der Waals surface area contributed by atoms with Crippen LogP contribution in [0.25, 0.3) is 22.4 Å². The third kappa shape index (κ3) is 5.69. The number of aromatic nitrogens is 2. The molecule has 3 aromatic rings. The summed E-state index contributed by atoms with van der Waals surface area (Å²) in [6.45, 7) is 2.76. The Morgan fingerprint density at radius 1 is 0.871 bits per heavy atom. The van der Waals surface area contributed by atoms with E-state index in [2.05, 4.69) is 17.3 Å². The fraction of sp³-hybridized carbons (Fsp3) is 0.346. The minimum Gasteiger partial charge on any atom is -0.352 e. The van der Waals surface area contributed by atoms with Gasteiger partial charge in [-0.3, -0.25) is 9.59 Å². The molecule has 0 bridgehead atoms. The van der Waals surface area contributed by atoms with Gasteiger partial charge in [0.1, 0.15) is 5.56 Å². The van der Waals surface area contributed by atoms with Crippen LogP contribution in [0.1, 0.15) is 55.8 Å². The standard InChI is InChI=1S/C26H31N3O2/c1-3-4-5-6-7-14-19-27-25(30)23-22(20-15-10-8-11-16-20)24(28-29(2)26(23)31)21-17-12-9-13-18-21/h8-13,15-18H,3-7,14,19H2,1-2H3,(H,27,30). The van der Waals surface area contributed by atoms with Gasteiger partial charge in [0.2, 0.25) is 0 Å². The van der Waals surface area contributed by atoms with Crippen LogP contribution in [0.3, 0.4) is 0 Å². The van der Waals surface area contributed by atoms with Gasteiger partial charge in [-0.1, -0.05) is 99.7 Å². The Bertz CT molecular complexity index is 1040. The normalized spacial score (nSPS) is 10.8. The Morgan fingerprint density at radius 3 is 2.10 bits per heavy atom. The molecule has 1 amide bonds. The van der Waals surface area contributed by atoms with Gasteiger partial charge in [0.15, 0.2) is 0 Å². The Kier molecular flexibility index (Phi) is 8.16. The predicted octanol–water partition coefficient (Wildman–Crippen LogP) is 5.20. The van der Waals surface area contributed by atoms with Crippen LogP contribution >= 0.6 is 0 Å². The SMILES string of the molecule is CCCCCCCCNC(=O)c1c(-c2ccccc2)c(-c2ccccc2)nn(C)c1=O. The molecule has 1 N–H and O–H groups in total. The molecule has 31 heavy (non-hydrogen) atoms. The average Bonchev–Trinajstić information content (AvgIpc) is 2.80. The maximum Gasteiger partial charge on any atom is 0.280 e. The van der Waals surface area contributed by atoms with E-state index in [9.17, 15) is 9.59 Å². The molecule has 0 aliphatic carbocycles. The largest absolute Gasteiger partial charge is 0.352 e. The summed E-state index contributed by atoms with van der Waals surface area (Å²) in [4.78, 5) is 26.2. The maximum absolute atomic E-state index is 13.2. The Labute approximate surface area is 184 Å². The highest BCUT2D eigenvalue weighted by Crippen LogP contribution is 2.31. The first kappa shape index (κ1) is 22.5. The number of amides is 1. The molecule has 0 fully saturated rings. The van der Waals surface area contributed by atoms with Crippen LogP contribution in [0, 0.1) is 0 Å². The van der Waals surface area contributed by atoms with Gasteiger partial charge in [0.05, 0.1) is 5.69 Å². The van der Waals surface area contributed by atoms with E-state index in [1.165, 1.54) is 30.4 Å². The van der Waals surface area contributed by atoms with Crippen LogP contribution in [0.2, 0.25) is 0 Å². The van der Waals surface area contributed by atoms with E-state index < -0.39 is 0 Å². The first-order valence-corrected chi connectivity index (χ1v) is 11.1. The lowest BCUT2D eigenvalue weighted by Crippen LogP contribution is -2.35. The zero-order valence-corrected chi connectivity index (χ0v) is 18.4. The third-order valence-electron chi connectivity index (χ3n) is 5.40. The van der Waals surface area contributed by atoms with E-state index in [4.69, 9.17) is 0 Å². The number of nitrogens with one attached hydrogen (secondary N) is 1. The van der Waals surface area contributed by atoms with Crippen LogP contribution in [0.4, 0.5) is 0 Å². The molecular weight excluding hydrogens is 386 g/mol. The van der Waals surface area contributed by atoms with E-state index >= 15 is 0 Å². The molecule has 0 aliphatic heterocycles. The van der Waals surface area contributed by atoms with Crippen molar-refractivity contribution < 1.29 is 4.79 Å². The van der Waals surface area contributed by atoms with Crippen molar-refractivity contribution in [3.63, 3.8) is 0 Å². The number of carbonyl (C=O) groups is 1. The molecule has 0 saturated heterocycles. The lowest BCUT2D eigenvalue weighted by molar-refractivity contribution is 0.0951. The van der Waals surface area contributed by atoms with Crippen LogP contribution in [-0.2, 0) is 7.05 Å². The molecule has 0 radical (unpaired) electrons. The lowest BCUT2D eigenvalue weighted by Gasteiger charge is -2.16. The number of rotatable bonds is 10. The van der Waals surface area contributed by atoms with Gasteiger partial charge in [0.25, 0.3) is 11.5 Å². The smallest absolute Gasteiger partial charge is 0.280 e. The molecule has 3 rings (SSSR count). The van der Waals surface area contributed by atoms with Gasteiger partial charge in [-0.15, -0.1) is 0 Å². The summed E-state index contributed by atoms with van der Waals surface area (Å²) in [5.41, 5.74) is 2.62. The fourth-order valence-corrected chi connectivity index (χ4v) is 3.72. The number of unbranched alkanes of at least 4 members (excludes halogenated alkanes) is 5. The number of benzene rings is 2. The Morgan fingerprint density at radius 2 is 1.45 bits per heavy atom. The molecule has 162 valence electrons. The molecule has 0 saturated carbocycles. The van der Waals surface area contributed by atoms with Crippen molar-refractivity contribution >= 4 is 5.91 Å². The van der Waals surface area contributed by atoms with E-state index in [1.807, 2.05) is 60.7 Å². The summed E-state index contributed by atoms with van der Waals surface area (Å²) in [6.07, 6.45) is 6.86. The van der Waals surface area contributed by atoms with Crippen molar-refractivity contribution in [1.29, 1.82) is 0 Å². The second-order valence-electron chi connectivity index (χ2n) is 7.78. The molecule has 0 atom stereocenters. The van der Waals surface area contributed by atoms with Gasteiger partial charge in [-0.05, 0) is 12.0 Å². The summed E-state index contributed by atoms with van der Waals surface area (Å²) < 4.78 is 1.26. The molecular formula is C26H31N3O2. The maximum atomic E-state index is 13.2. The average molecular weight is 418 g/mol. The van der Waals surface area contributed by atoms with Gasteiger partial charge >= 0.3 is 0 Å². The van der Waals surface area contributed by atoms with Gasteiger partial charge in [0, 0.05) is 24.7 Å². The van der Waals surface area contributed by atoms with Crippen LogP contribution in [-0.4, -0.2) is 22.2 Å². The molecule has 0 spiro atoms. The number of aryl methyl sites for hydroxylation is 1. The van der Waals surface area contributed by atoms with Gasteiger partial charge < -0.3 is 5.32 Å². The lowest BCUT2D eigenvalue weighted by atomic mass is 9.95. The number of carbonyl (C=O) groups excluding carboxylic acids is 1. The van der Waals surface area contributed by atoms with Crippen LogP contribution < -0.4 is 10.9 Å². The third-order valence-corrected chi connectivity index (χ3v) is 5.40. The fourth-order valence-electron chi connectivity index (χ4n) is 3.72. The summed E-state index contributed by atoms with van der Waals surface area (Å²) >= 11 is 0. The summed E-state index contributed by atoms with van der Waals surface area (Å²) in [5.74, 6) is -0.340. The van der Waals surface area contributed by atoms with Crippen LogP contribution in [0.15, 0.2) is 65.5 Å². The number of hydrogen-bond acceptors (Lipinski definition) is 3. The Balaban J connectivity index is 1.94. The molecule has 1 aromatic heterocycles. The first-order chi connectivity index (χ1) is 15.1. The minimum absolute atomic E-state index is 0.147. The zero-order valence-electron chi connectivity index (χ0n) is 18.4. The van der Waals surface area contributed by atoms with E-state index in [1.54, 1.807) is 7.05 Å². The van der Waals surface area contributed by atoms with Crippen molar-refractivity contribution in [2.24, 2.45) is 7.05 Å². The second-order valence-corrected chi connectivity index (χ2v) is 7.78. The van der Waals surface area contributed by atoms with E-state index in [0.29, 0.717) is 17.8 Å². The summed E-state index contributed by atoms with van der Waals surface area (Å²) in [7, 11) is 1.59. The van der Waals surface area contributed by atoms with Crippen molar-refractivity contribution in [2.45, 2.75) is 45.4 Å². The quantitative estimate of drug-likeness (QED) is 0.461. The monoisotopic (exact) mass is 417 g/mol. The highest BCUT2D eigenvalue weighted by Gasteiger charge is 2.24.